The van der Waals surface area contributed by atoms with E-state index in [1.54, 1.807) is 71.4 Å². The van der Waals surface area contributed by atoms with E-state index < -0.39 is 95.6 Å². The van der Waals surface area contributed by atoms with Crippen molar-refractivity contribution in [1.82, 2.24) is 15.2 Å². The van der Waals surface area contributed by atoms with E-state index in [2.05, 4.69) is 10.3 Å². The normalized spacial score (nSPS) is 37.1. The van der Waals surface area contributed by atoms with Gasteiger partial charge in [0, 0.05) is 40.9 Å². The first-order valence-electron chi connectivity index (χ1n) is 19.2. The van der Waals surface area contributed by atoms with E-state index in [9.17, 15) is 29.1 Å². The minimum absolute atomic E-state index is 0.0790. The van der Waals surface area contributed by atoms with Crippen LogP contribution in [0.4, 0.5) is 9.18 Å². The molecule has 0 spiro atoms. The number of hydrogen-bond acceptors (Lipinski definition) is 13. The van der Waals surface area contributed by atoms with Crippen molar-refractivity contribution in [2.75, 3.05) is 20.7 Å². The Bertz CT molecular complexity index is 1890. The number of carbonyl (C=O) groups excluding carboxylic acids is 5. The number of benzene rings is 1. The minimum Gasteiger partial charge on any atom is -0.456 e. The molecule has 2 amide bonds. The number of ketones is 2. The van der Waals surface area contributed by atoms with Crippen LogP contribution >= 0.6 is 0 Å². The first-order valence-corrected chi connectivity index (χ1v) is 19.2. The number of likely N-dealkylation sites (N-methyl/N-ethyl adjacent to an activating group) is 1. The molecule has 312 valence electrons. The predicted molar refractivity (Wildman–Crippen MR) is 205 cm³/mol. The highest BCUT2D eigenvalue weighted by Gasteiger charge is 2.55. The molecule has 5 rings (SSSR count). The summed E-state index contributed by atoms with van der Waals surface area (Å²) in [4.78, 5) is 72.4. The molecule has 3 aliphatic rings. The average Bonchev–Trinajstić information content (AvgIpc) is 3.56. The number of amides is 2. The number of carbonyl (C=O) groups is 5. The van der Waals surface area contributed by atoms with Crippen LogP contribution in [0.2, 0.25) is 0 Å². The number of esters is 1. The molecule has 16 heteroatoms. The second kappa shape index (κ2) is 17.2. The third-order valence-corrected chi connectivity index (χ3v) is 11.5. The monoisotopic (exact) mass is 798 g/mol. The number of aliphatic hydroxyl groups is 1. The number of rotatable bonds is 8. The third-order valence-electron chi connectivity index (χ3n) is 11.5. The van der Waals surface area contributed by atoms with Crippen LogP contribution < -0.4 is 11.1 Å². The highest BCUT2D eigenvalue weighted by Crippen LogP contribution is 2.39. The first kappa shape index (κ1) is 43.8. The van der Waals surface area contributed by atoms with Crippen LogP contribution in [-0.4, -0.2) is 125 Å². The van der Waals surface area contributed by atoms with Crippen molar-refractivity contribution in [2.45, 2.75) is 121 Å². The molecule has 0 radical (unpaired) electrons. The standard InChI is InChI=1S/C41H55FN4O11/c1-20-18-40(6,53-14-10-11-25-16-27-17-26(36(43)50)12-13-28(27)44-19-25)35(57-37-32(48)29(46(8)9)15-21(2)54-37)23(4)34(49)41(7,42)38(51)55-24(5)33-30(22(3)31(20)47)45-39(52)56-33/h10-13,16-17,19-24,29-30,32-33,35,37,48H,14-15,18H2,1-9H3,(H2,43,50)(H,45,52)/b11-10+/t20-,21-,22+,23+,24-,29+,30?,32-,33?,35-,37+,40+,41?/m1/s1. The molecule has 4 N–H and O–H groups in total. The lowest BCUT2D eigenvalue weighted by atomic mass is 9.75. The molecule has 4 heterocycles. The van der Waals surface area contributed by atoms with Crippen LogP contribution in [0, 0.1) is 17.8 Å². The zero-order chi connectivity index (χ0) is 42.1. The number of aliphatic hydroxyl groups excluding tert-OH is 1. The number of ether oxygens (including phenoxy) is 5. The summed E-state index contributed by atoms with van der Waals surface area (Å²) in [6, 6.07) is 5.39. The number of hydrogen-bond donors (Lipinski definition) is 3. The molecule has 1 aromatic carbocycles. The van der Waals surface area contributed by atoms with Crippen LogP contribution in [0.1, 0.15) is 77.2 Å². The van der Waals surface area contributed by atoms with Gasteiger partial charge >= 0.3 is 12.1 Å². The van der Waals surface area contributed by atoms with Crippen molar-refractivity contribution in [3.8, 4) is 0 Å². The maximum atomic E-state index is 16.6. The van der Waals surface area contributed by atoms with Gasteiger partial charge in [-0.15, -0.1) is 0 Å². The number of nitrogens with zero attached hydrogens (tertiary/aromatic N) is 2. The topological polar surface area (TPSA) is 206 Å². The summed E-state index contributed by atoms with van der Waals surface area (Å²) >= 11 is 0. The molecule has 13 atom stereocenters. The fourth-order valence-corrected chi connectivity index (χ4v) is 8.26. The molecule has 0 aliphatic carbocycles. The molecule has 3 unspecified atom stereocenters. The lowest BCUT2D eigenvalue weighted by Gasteiger charge is -2.47. The number of nitrogens with one attached hydrogen (secondary N) is 1. The minimum atomic E-state index is -3.21. The maximum absolute atomic E-state index is 16.6. The molecule has 15 nitrogen and oxygen atoms in total. The number of pyridine rings is 1. The Balaban J connectivity index is 1.56. The molecular formula is C41H55FN4O11. The van der Waals surface area contributed by atoms with Gasteiger partial charge in [0.2, 0.25) is 5.91 Å². The summed E-state index contributed by atoms with van der Waals surface area (Å²) in [5.41, 5.74) is 2.31. The molecule has 2 aromatic rings. The van der Waals surface area contributed by atoms with E-state index in [1.165, 1.54) is 13.8 Å². The number of alkyl carbamates (subject to hydrolysis) is 1. The molecule has 3 saturated heterocycles. The highest BCUT2D eigenvalue weighted by atomic mass is 19.1. The van der Waals surface area contributed by atoms with Crippen LogP contribution in [0.3, 0.4) is 0 Å². The van der Waals surface area contributed by atoms with Crippen LogP contribution in [0.15, 0.2) is 36.5 Å². The van der Waals surface area contributed by atoms with Gasteiger partial charge in [0.1, 0.15) is 18.0 Å². The zero-order valence-electron chi connectivity index (χ0n) is 33.9. The van der Waals surface area contributed by atoms with Gasteiger partial charge in [0.25, 0.3) is 5.67 Å². The predicted octanol–water partition coefficient (Wildman–Crippen LogP) is 3.52. The number of cyclic esters (lactones) is 1. The Labute approximate surface area is 331 Å². The Morgan fingerprint density at radius 2 is 1.79 bits per heavy atom. The Kier molecular flexibility index (Phi) is 13.2. The van der Waals surface area contributed by atoms with Gasteiger partial charge in [0.05, 0.1) is 36.0 Å². The average molecular weight is 799 g/mol. The Morgan fingerprint density at radius 3 is 2.46 bits per heavy atom. The van der Waals surface area contributed by atoms with Gasteiger partial charge in [-0.1, -0.05) is 32.9 Å². The summed E-state index contributed by atoms with van der Waals surface area (Å²) in [7, 11) is 3.60. The summed E-state index contributed by atoms with van der Waals surface area (Å²) in [5.74, 6) is -6.67. The smallest absolute Gasteiger partial charge is 0.407 e. The van der Waals surface area contributed by atoms with E-state index in [0.717, 1.165) is 6.92 Å². The number of fused-ring (bicyclic) bond motifs is 2. The summed E-state index contributed by atoms with van der Waals surface area (Å²) < 4.78 is 46.7. The second-order valence-electron chi connectivity index (χ2n) is 16.3. The van der Waals surface area contributed by atoms with Gasteiger partial charge < -0.3 is 44.7 Å². The van der Waals surface area contributed by atoms with Gasteiger partial charge in [0.15, 0.2) is 18.2 Å². The van der Waals surface area contributed by atoms with E-state index >= 15 is 4.39 Å². The molecule has 3 aliphatic heterocycles. The van der Waals surface area contributed by atoms with Crippen LogP contribution in [0.5, 0.6) is 0 Å². The fourth-order valence-electron chi connectivity index (χ4n) is 8.26. The van der Waals surface area contributed by atoms with E-state index in [1.807, 2.05) is 17.9 Å². The Hall–Kier alpha value is -4.35. The van der Waals surface area contributed by atoms with Crippen molar-refractivity contribution in [1.29, 1.82) is 0 Å². The number of primary amides is 1. The maximum Gasteiger partial charge on any atom is 0.407 e. The molecular weight excluding hydrogens is 743 g/mol. The first-order chi connectivity index (χ1) is 26.6. The molecule has 57 heavy (non-hydrogen) atoms. The van der Waals surface area contributed by atoms with Crippen LogP contribution in [-0.2, 0) is 38.1 Å². The molecule has 1 aromatic heterocycles. The van der Waals surface area contributed by atoms with Crippen molar-refractivity contribution in [3.63, 3.8) is 0 Å². The summed E-state index contributed by atoms with van der Waals surface area (Å²) in [6.45, 7) is 10.2. The van der Waals surface area contributed by atoms with Gasteiger partial charge in [-0.05, 0) is 84.5 Å². The third kappa shape index (κ3) is 9.36. The van der Waals surface area contributed by atoms with Crippen molar-refractivity contribution < 1.29 is 57.2 Å². The van der Waals surface area contributed by atoms with Crippen molar-refractivity contribution in [2.24, 2.45) is 23.5 Å². The second-order valence-corrected chi connectivity index (χ2v) is 16.3. The van der Waals surface area contributed by atoms with Gasteiger partial charge in [-0.3, -0.25) is 19.4 Å². The zero-order valence-corrected chi connectivity index (χ0v) is 33.9. The van der Waals surface area contributed by atoms with Gasteiger partial charge in [-0.2, -0.15) is 0 Å². The summed E-state index contributed by atoms with van der Waals surface area (Å²) in [5, 5.41) is 14.8. The number of alkyl halides is 1. The van der Waals surface area contributed by atoms with E-state index in [-0.39, 0.29) is 24.9 Å². The SMILES string of the molecule is C[C@@H]1C[C@H](N(C)C)[C@@H](O)[C@H](O[C@@H]2[C@@H](C)C(=O)C(C)(F)C(=O)O[C@H](C)C3OC(=O)NC3[C@H](C)C(=O)[C@H](C)C[C@]2(C)OC/C=C/c2cnc3ccc(C(N)=O)cc3c2)O1. The van der Waals surface area contributed by atoms with Crippen LogP contribution in [0.25, 0.3) is 17.0 Å². The fraction of sp³-hybridized carbons (Fsp3) is 0.610. The van der Waals surface area contributed by atoms with E-state index in [0.29, 0.717) is 28.5 Å². The lowest BCUT2D eigenvalue weighted by Crippen LogP contribution is -2.60. The van der Waals surface area contributed by atoms with E-state index in [4.69, 9.17) is 29.4 Å². The lowest BCUT2D eigenvalue weighted by molar-refractivity contribution is -0.297. The molecule has 0 bridgehead atoms. The largest absolute Gasteiger partial charge is 0.456 e. The highest BCUT2D eigenvalue weighted by molar-refractivity contribution is 6.08. The number of nitrogens with two attached hydrogens (primary N) is 1. The Morgan fingerprint density at radius 1 is 1.09 bits per heavy atom. The number of Topliss-reactive ketones (excluding diaryl/α,β-unsaturated/α-hetero) is 2. The molecule has 3 fully saturated rings. The summed E-state index contributed by atoms with van der Waals surface area (Å²) in [6.07, 6.45) is -2.10. The van der Waals surface area contributed by atoms with Gasteiger partial charge in [-0.25, -0.2) is 14.0 Å². The number of halogens is 1. The quantitative estimate of drug-likeness (QED) is 0.259. The number of aromatic nitrogens is 1. The molecule has 0 saturated carbocycles. The van der Waals surface area contributed by atoms with Crippen molar-refractivity contribution in [3.05, 3.63) is 47.7 Å². The van der Waals surface area contributed by atoms with Crippen molar-refractivity contribution >= 4 is 46.5 Å².